The van der Waals surface area contributed by atoms with Crippen molar-refractivity contribution in [3.05, 3.63) is 33.1 Å². The molecule has 0 radical (unpaired) electrons. The number of nitrogens with zero attached hydrogens (tertiary/aromatic N) is 4. The Labute approximate surface area is 161 Å². The maximum atomic E-state index is 13.0. The topological polar surface area (TPSA) is 66.4 Å². The van der Waals surface area contributed by atoms with E-state index in [2.05, 4.69) is 20.2 Å². The summed E-state index contributed by atoms with van der Waals surface area (Å²) in [6, 6.07) is 1.78. The highest BCUT2D eigenvalue weighted by molar-refractivity contribution is 7.89. The summed E-state index contributed by atoms with van der Waals surface area (Å²) in [7, 11) is -3.43. The molecule has 138 valence electrons. The Kier molecular flexibility index (Phi) is 4.50. The normalized spacial score (nSPS) is 16.5. The fourth-order valence-electron chi connectivity index (χ4n) is 3.33. The summed E-state index contributed by atoms with van der Waals surface area (Å²) in [4.78, 5) is 13.3. The Balaban J connectivity index is 1.56. The van der Waals surface area contributed by atoms with E-state index in [4.69, 9.17) is 0 Å². The van der Waals surface area contributed by atoms with Crippen molar-refractivity contribution in [2.45, 2.75) is 25.7 Å². The van der Waals surface area contributed by atoms with Gasteiger partial charge in [-0.25, -0.2) is 18.4 Å². The summed E-state index contributed by atoms with van der Waals surface area (Å²) >= 11 is 3.17. The van der Waals surface area contributed by atoms with Gasteiger partial charge in [-0.15, -0.1) is 22.7 Å². The molecule has 1 aliphatic rings. The molecule has 0 aromatic carbocycles. The van der Waals surface area contributed by atoms with E-state index in [1.165, 1.54) is 11.3 Å². The lowest BCUT2D eigenvalue weighted by Gasteiger charge is -2.34. The molecule has 0 N–H and O–H groups in total. The molecule has 0 bridgehead atoms. The SMILES string of the molecule is Cc1cc(S(=O)(=O)N2CCN(c3ncnc4c(C)csc34)CC2)c(C)s1. The van der Waals surface area contributed by atoms with Crippen LogP contribution in [0.25, 0.3) is 10.2 Å². The molecule has 1 fully saturated rings. The molecule has 0 spiro atoms. The second-order valence-electron chi connectivity index (χ2n) is 6.46. The van der Waals surface area contributed by atoms with Crippen LogP contribution in [-0.2, 0) is 10.0 Å². The van der Waals surface area contributed by atoms with Gasteiger partial charge in [0.05, 0.1) is 15.1 Å². The van der Waals surface area contributed by atoms with Gasteiger partial charge in [0, 0.05) is 35.9 Å². The molecule has 4 rings (SSSR count). The standard InChI is InChI=1S/C17H20N4O2S3/c1-11-9-24-16-15(11)18-10-19-17(16)20-4-6-21(7-5-20)26(22,23)14-8-12(2)25-13(14)3/h8-10H,4-7H2,1-3H3. The first-order chi connectivity index (χ1) is 12.4. The molecule has 6 nitrogen and oxygen atoms in total. The van der Waals surface area contributed by atoms with Gasteiger partial charge in [-0.2, -0.15) is 4.31 Å². The zero-order chi connectivity index (χ0) is 18.5. The van der Waals surface area contributed by atoms with Crippen LogP contribution in [0, 0.1) is 20.8 Å². The first-order valence-electron chi connectivity index (χ1n) is 8.39. The van der Waals surface area contributed by atoms with E-state index in [-0.39, 0.29) is 0 Å². The molecular formula is C17H20N4O2S3. The monoisotopic (exact) mass is 408 g/mol. The van der Waals surface area contributed by atoms with Gasteiger partial charge in [0.2, 0.25) is 10.0 Å². The van der Waals surface area contributed by atoms with Crippen molar-refractivity contribution in [1.82, 2.24) is 14.3 Å². The van der Waals surface area contributed by atoms with Crippen molar-refractivity contribution in [1.29, 1.82) is 0 Å². The van der Waals surface area contributed by atoms with E-state index in [1.807, 2.05) is 20.8 Å². The van der Waals surface area contributed by atoms with Crippen molar-refractivity contribution >= 4 is 48.7 Å². The first-order valence-corrected chi connectivity index (χ1v) is 11.5. The number of fused-ring (bicyclic) bond motifs is 1. The quantitative estimate of drug-likeness (QED) is 0.666. The van der Waals surface area contributed by atoms with Gasteiger partial charge < -0.3 is 4.90 Å². The highest BCUT2D eigenvalue weighted by atomic mass is 32.2. The Bertz CT molecular complexity index is 1060. The minimum absolute atomic E-state index is 0.451. The van der Waals surface area contributed by atoms with Gasteiger partial charge in [0.1, 0.15) is 12.1 Å². The number of piperazine rings is 1. The molecule has 1 aliphatic heterocycles. The number of aromatic nitrogens is 2. The predicted octanol–water partition coefficient (Wildman–Crippen LogP) is 3.19. The Hall–Kier alpha value is -1.55. The van der Waals surface area contributed by atoms with E-state index >= 15 is 0 Å². The smallest absolute Gasteiger partial charge is 0.244 e. The van der Waals surface area contributed by atoms with Crippen molar-refractivity contribution in [2.75, 3.05) is 31.1 Å². The largest absolute Gasteiger partial charge is 0.353 e. The van der Waals surface area contributed by atoms with E-state index in [9.17, 15) is 8.42 Å². The zero-order valence-electron chi connectivity index (χ0n) is 14.9. The van der Waals surface area contributed by atoms with Crippen LogP contribution in [0.3, 0.4) is 0 Å². The summed E-state index contributed by atoms with van der Waals surface area (Å²) in [5.41, 5.74) is 2.14. The summed E-state index contributed by atoms with van der Waals surface area (Å²) in [5.74, 6) is 0.910. The Morgan fingerprint density at radius 1 is 1.08 bits per heavy atom. The van der Waals surface area contributed by atoms with E-state index < -0.39 is 10.0 Å². The predicted molar refractivity (Wildman–Crippen MR) is 107 cm³/mol. The van der Waals surface area contributed by atoms with Crippen LogP contribution in [0.1, 0.15) is 15.3 Å². The van der Waals surface area contributed by atoms with E-state index in [0.717, 1.165) is 31.4 Å². The molecule has 4 heterocycles. The third-order valence-electron chi connectivity index (χ3n) is 4.66. The van der Waals surface area contributed by atoms with E-state index in [1.54, 1.807) is 28.0 Å². The first kappa shape index (κ1) is 17.8. The average molecular weight is 409 g/mol. The number of hydrogen-bond acceptors (Lipinski definition) is 7. The molecular weight excluding hydrogens is 388 g/mol. The highest BCUT2D eigenvalue weighted by Gasteiger charge is 2.31. The second kappa shape index (κ2) is 6.56. The van der Waals surface area contributed by atoms with Crippen molar-refractivity contribution in [3.63, 3.8) is 0 Å². The lowest BCUT2D eigenvalue weighted by atomic mass is 10.3. The van der Waals surface area contributed by atoms with Crippen LogP contribution in [-0.4, -0.2) is 48.9 Å². The van der Waals surface area contributed by atoms with Gasteiger partial charge >= 0.3 is 0 Å². The fraction of sp³-hybridized carbons (Fsp3) is 0.412. The Morgan fingerprint density at radius 2 is 1.81 bits per heavy atom. The van der Waals surface area contributed by atoms with Crippen LogP contribution in [0.15, 0.2) is 22.7 Å². The second-order valence-corrected chi connectivity index (χ2v) is 10.7. The maximum Gasteiger partial charge on any atom is 0.244 e. The Morgan fingerprint density at radius 3 is 2.46 bits per heavy atom. The molecule has 0 saturated carbocycles. The third-order valence-corrected chi connectivity index (χ3v) is 8.87. The summed E-state index contributed by atoms with van der Waals surface area (Å²) < 4.78 is 28.6. The molecule has 1 saturated heterocycles. The van der Waals surface area contributed by atoms with Crippen molar-refractivity contribution in [3.8, 4) is 0 Å². The molecule has 0 atom stereocenters. The number of sulfonamides is 1. The molecule has 3 aromatic rings. The number of anilines is 1. The highest BCUT2D eigenvalue weighted by Crippen LogP contribution is 2.32. The average Bonchev–Trinajstić information content (AvgIpc) is 3.17. The van der Waals surface area contributed by atoms with Gasteiger partial charge in [-0.1, -0.05) is 0 Å². The maximum absolute atomic E-state index is 13.0. The van der Waals surface area contributed by atoms with Gasteiger partial charge in [-0.05, 0) is 37.8 Å². The lowest BCUT2D eigenvalue weighted by Crippen LogP contribution is -2.49. The summed E-state index contributed by atoms with van der Waals surface area (Å²) in [6.07, 6.45) is 1.60. The minimum atomic E-state index is -3.43. The fourth-order valence-corrected chi connectivity index (χ4v) is 7.29. The molecule has 0 amide bonds. The van der Waals surface area contributed by atoms with Crippen LogP contribution in [0.2, 0.25) is 0 Å². The van der Waals surface area contributed by atoms with Crippen molar-refractivity contribution in [2.24, 2.45) is 0 Å². The van der Waals surface area contributed by atoms with Gasteiger partial charge in [0.15, 0.2) is 0 Å². The van der Waals surface area contributed by atoms with E-state index in [0.29, 0.717) is 31.1 Å². The molecule has 9 heteroatoms. The number of rotatable bonds is 3. The van der Waals surface area contributed by atoms with Crippen LogP contribution < -0.4 is 4.90 Å². The van der Waals surface area contributed by atoms with Crippen LogP contribution in [0.4, 0.5) is 5.82 Å². The molecule has 0 unspecified atom stereocenters. The minimum Gasteiger partial charge on any atom is -0.353 e. The van der Waals surface area contributed by atoms with Crippen LogP contribution >= 0.6 is 22.7 Å². The third kappa shape index (κ3) is 2.92. The number of hydrogen-bond donors (Lipinski definition) is 0. The van der Waals surface area contributed by atoms with Gasteiger partial charge in [0.25, 0.3) is 0 Å². The lowest BCUT2D eigenvalue weighted by molar-refractivity contribution is 0.384. The van der Waals surface area contributed by atoms with Gasteiger partial charge in [-0.3, -0.25) is 0 Å². The molecule has 0 aliphatic carbocycles. The van der Waals surface area contributed by atoms with Crippen molar-refractivity contribution < 1.29 is 8.42 Å². The molecule has 3 aromatic heterocycles. The zero-order valence-corrected chi connectivity index (χ0v) is 17.3. The molecule has 26 heavy (non-hydrogen) atoms. The number of aryl methyl sites for hydroxylation is 3. The summed E-state index contributed by atoms with van der Waals surface area (Å²) in [6.45, 7) is 8.05. The van der Waals surface area contributed by atoms with Crippen LogP contribution in [0.5, 0.6) is 0 Å². The number of thiophene rings is 2. The summed E-state index contributed by atoms with van der Waals surface area (Å²) in [5, 5.41) is 2.09.